The Morgan fingerprint density at radius 3 is 0.944 bits per heavy atom. The zero-order chi connectivity index (χ0) is 41.4. The maximum Gasteiger partial charge on any atom is 0.451 e. The summed E-state index contributed by atoms with van der Waals surface area (Å²) in [5.41, 5.74) is 0. The van der Waals surface area contributed by atoms with Gasteiger partial charge in [-0.2, -0.15) is 39.5 Å². The average Bonchev–Trinajstić information content (AvgIpc) is 3.82. The van der Waals surface area contributed by atoms with Gasteiger partial charge < -0.3 is 10.1 Å². The summed E-state index contributed by atoms with van der Waals surface area (Å²) in [6.07, 6.45) is -15.3. The first-order valence-corrected chi connectivity index (χ1v) is 22.5. The first kappa shape index (κ1) is 49.3. The lowest BCUT2D eigenvalue weighted by Gasteiger charge is -2.10. The van der Waals surface area contributed by atoms with Crippen molar-refractivity contribution in [3.8, 4) is 0 Å². The number of ketones is 3. The highest BCUT2D eigenvalue weighted by atomic mass is 32.2. The molecule has 3 aromatic rings. The first-order valence-electron chi connectivity index (χ1n) is 14.4. The predicted molar refractivity (Wildman–Crippen MR) is 182 cm³/mol. The lowest BCUT2D eigenvalue weighted by Crippen LogP contribution is -2.30. The lowest BCUT2D eigenvalue weighted by molar-refractivity contribution is -0.168. The van der Waals surface area contributed by atoms with Crippen LogP contribution in [0.5, 0.6) is 0 Å². The normalized spacial score (nSPS) is 13.9. The second kappa shape index (κ2) is 21.5. The molecule has 0 spiro atoms. The van der Waals surface area contributed by atoms with Crippen LogP contribution in [-0.4, -0.2) is 105 Å². The van der Waals surface area contributed by atoms with Crippen LogP contribution >= 0.6 is 34.0 Å². The van der Waals surface area contributed by atoms with Gasteiger partial charge in [-0.15, -0.1) is 34.0 Å². The fourth-order valence-electron chi connectivity index (χ4n) is 3.35. The van der Waals surface area contributed by atoms with Crippen molar-refractivity contribution in [3.05, 3.63) is 67.2 Å². The summed E-state index contributed by atoms with van der Waals surface area (Å²) in [4.78, 5) is 32.8. The number of carbonyl (C=O) groups excluding carboxylic acids is 3. The van der Waals surface area contributed by atoms with Crippen molar-refractivity contribution in [2.75, 3.05) is 43.6 Å². The monoisotopic (exact) mass is 903 g/mol. The van der Waals surface area contributed by atoms with Gasteiger partial charge in [-0.05, 0) is 34.3 Å². The van der Waals surface area contributed by atoms with E-state index in [0.717, 1.165) is 60.3 Å². The Bertz CT molecular complexity index is 1690. The largest absolute Gasteiger partial charge is 0.451 e. The molecule has 11 nitrogen and oxygen atoms in total. The summed E-state index contributed by atoms with van der Waals surface area (Å²) in [6, 6.07) is 9.21. The van der Waals surface area contributed by atoms with Crippen LogP contribution in [-0.2, 0) is 65.9 Å². The Hall–Kier alpha value is -2.75. The third-order valence-corrected chi connectivity index (χ3v) is 13.2. The molecular formula is C28H30F9NO10S6. The van der Waals surface area contributed by atoms with Crippen molar-refractivity contribution >= 4 is 80.9 Å². The number of sulfone groups is 3. The van der Waals surface area contributed by atoms with Crippen molar-refractivity contribution in [3.63, 3.8) is 0 Å². The van der Waals surface area contributed by atoms with E-state index in [2.05, 4.69) is 5.32 Å². The molecule has 0 aliphatic carbocycles. The molecule has 0 atom stereocenters. The van der Waals surface area contributed by atoms with Crippen molar-refractivity contribution in [2.24, 2.45) is 0 Å². The number of hydrogen-bond donors (Lipinski definition) is 1. The van der Waals surface area contributed by atoms with E-state index >= 15 is 0 Å². The Labute approximate surface area is 315 Å². The zero-order valence-electron chi connectivity index (χ0n) is 27.2. The standard InChI is InChI=1S/3C8H7F3O3S2.C4H9NO/c3*9-8(10,11)7(12)5-16(13,14)4-6-2-1-3-15-6;1-3-6-4-2-5-1/h3*1-3H,4-5H2;5H,1-4H2. The highest BCUT2D eigenvalue weighted by molar-refractivity contribution is 7.92. The predicted octanol–water partition coefficient (Wildman–Crippen LogP) is 4.99. The molecule has 1 fully saturated rings. The number of alkyl halides is 9. The molecule has 0 aromatic carbocycles. The molecule has 1 aliphatic heterocycles. The Morgan fingerprint density at radius 1 is 0.537 bits per heavy atom. The van der Waals surface area contributed by atoms with E-state index in [4.69, 9.17) is 4.74 Å². The van der Waals surface area contributed by atoms with Crippen molar-refractivity contribution in [1.29, 1.82) is 0 Å². The van der Waals surface area contributed by atoms with Crippen LogP contribution in [0, 0.1) is 0 Å². The van der Waals surface area contributed by atoms with Gasteiger partial charge >= 0.3 is 18.5 Å². The number of halogens is 9. The Morgan fingerprint density at radius 2 is 0.796 bits per heavy atom. The van der Waals surface area contributed by atoms with E-state index in [-0.39, 0.29) is 0 Å². The molecule has 1 saturated heterocycles. The van der Waals surface area contributed by atoms with Gasteiger partial charge in [0, 0.05) is 27.7 Å². The number of ether oxygens (including phenoxy) is 1. The minimum Gasteiger partial charge on any atom is -0.379 e. The maximum absolute atomic E-state index is 11.8. The SMILES string of the molecule is C1COCCN1.O=C(CS(=O)(=O)Cc1cccs1)C(F)(F)F.O=C(CS(=O)(=O)Cc1cccs1)C(F)(F)F.O=C(CS(=O)(=O)Cc1cccs1)C(F)(F)F. The molecule has 3 aromatic heterocycles. The smallest absolute Gasteiger partial charge is 0.379 e. The highest BCUT2D eigenvalue weighted by Gasteiger charge is 2.42. The van der Waals surface area contributed by atoms with Crippen LogP contribution in [0.3, 0.4) is 0 Å². The summed E-state index contributed by atoms with van der Waals surface area (Å²) < 4.78 is 179. The third kappa shape index (κ3) is 22.0. The van der Waals surface area contributed by atoms with Crippen LogP contribution in [0.25, 0.3) is 0 Å². The number of thiophene rings is 3. The van der Waals surface area contributed by atoms with E-state index in [1.54, 1.807) is 34.3 Å². The number of rotatable bonds is 12. The molecule has 54 heavy (non-hydrogen) atoms. The molecule has 0 radical (unpaired) electrons. The summed E-state index contributed by atoms with van der Waals surface area (Å²) in [5.74, 6) is -12.8. The second-order valence-electron chi connectivity index (χ2n) is 10.5. The summed E-state index contributed by atoms with van der Waals surface area (Å²) >= 11 is 3.34. The number of carbonyl (C=O) groups is 3. The minimum atomic E-state index is -5.09. The van der Waals surface area contributed by atoms with Gasteiger partial charge in [0.25, 0.3) is 17.3 Å². The molecule has 306 valence electrons. The van der Waals surface area contributed by atoms with Crippen LogP contribution in [0.2, 0.25) is 0 Å². The first-order chi connectivity index (χ1) is 24.6. The van der Waals surface area contributed by atoms with Gasteiger partial charge in [0.2, 0.25) is 0 Å². The molecule has 1 N–H and O–H groups in total. The van der Waals surface area contributed by atoms with Crippen LogP contribution in [0.1, 0.15) is 14.6 Å². The molecule has 4 rings (SSSR count). The molecule has 26 heteroatoms. The molecule has 1 aliphatic rings. The van der Waals surface area contributed by atoms with Gasteiger partial charge in [0.15, 0.2) is 29.5 Å². The summed E-state index contributed by atoms with van der Waals surface area (Å²) in [5, 5.41) is 7.98. The van der Waals surface area contributed by atoms with Crippen molar-refractivity contribution in [1.82, 2.24) is 5.32 Å². The number of hydrogen-bond acceptors (Lipinski definition) is 14. The third-order valence-electron chi connectivity index (χ3n) is 5.67. The van der Waals surface area contributed by atoms with Gasteiger partial charge in [-0.1, -0.05) is 18.2 Å². The van der Waals surface area contributed by atoms with Gasteiger partial charge in [-0.25, -0.2) is 25.3 Å². The van der Waals surface area contributed by atoms with Gasteiger partial charge in [0.1, 0.15) is 17.3 Å². The Kier molecular flexibility index (Phi) is 19.6. The number of morpholine rings is 1. The molecule has 0 saturated carbocycles. The van der Waals surface area contributed by atoms with E-state index in [1.165, 1.54) is 18.2 Å². The molecule has 0 amide bonds. The van der Waals surface area contributed by atoms with Crippen molar-refractivity contribution < 1.29 is 83.9 Å². The second-order valence-corrected chi connectivity index (χ2v) is 19.8. The van der Waals surface area contributed by atoms with Crippen LogP contribution < -0.4 is 5.32 Å². The number of Topliss-reactive ketones (excluding diaryl/α,β-unsaturated/α-hetero) is 3. The van der Waals surface area contributed by atoms with Crippen LogP contribution in [0.4, 0.5) is 39.5 Å². The van der Waals surface area contributed by atoms with Gasteiger partial charge in [0.05, 0.1) is 30.5 Å². The fraction of sp³-hybridized carbons (Fsp3) is 0.464. The summed E-state index contributed by atoms with van der Waals surface area (Å²) in [7, 11) is -12.1. The molecule has 0 unspecified atom stereocenters. The zero-order valence-corrected chi connectivity index (χ0v) is 32.1. The minimum absolute atomic E-state index is 0.412. The molecular weight excluding hydrogens is 874 g/mol. The molecule has 4 heterocycles. The van der Waals surface area contributed by atoms with Gasteiger partial charge in [-0.3, -0.25) is 14.4 Å². The van der Waals surface area contributed by atoms with Crippen molar-refractivity contribution in [2.45, 2.75) is 35.8 Å². The lowest BCUT2D eigenvalue weighted by atomic mass is 10.4. The Balaban J connectivity index is 0.000000375. The number of nitrogens with one attached hydrogen (secondary N) is 1. The quantitative estimate of drug-likeness (QED) is 0.243. The maximum atomic E-state index is 11.8. The topological polar surface area (TPSA) is 175 Å². The fourth-order valence-corrected chi connectivity index (χ4v) is 10.8. The van der Waals surface area contributed by atoms with E-state index < -0.39 is 99.9 Å². The summed E-state index contributed by atoms with van der Waals surface area (Å²) in [6.45, 7) is 3.83. The van der Waals surface area contributed by atoms with E-state index in [9.17, 15) is 79.2 Å². The van der Waals surface area contributed by atoms with E-state index in [1.807, 2.05) is 0 Å². The average molecular weight is 904 g/mol. The van der Waals surface area contributed by atoms with E-state index in [0.29, 0.717) is 14.6 Å². The van der Waals surface area contributed by atoms with Crippen LogP contribution in [0.15, 0.2) is 52.5 Å². The molecule has 0 bridgehead atoms. The highest BCUT2D eigenvalue weighted by Crippen LogP contribution is 2.22.